The predicted octanol–water partition coefficient (Wildman–Crippen LogP) is 2.39. The predicted molar refractivity (Wildman–Crippen MR) is 98.6 cm³/mol. The fraction of sp³-hybridized carbons (Fsp3) is 0.850. The Hall–Kier alpha value is -1.59. The summed E-state index contributed by atoms with van der Waals surface area (Å²) in [6.45, 7) is 4.95. The van der Waals surface area contributed by atoms with Gasteiger partial charge in [0.05, 0.1) is 5.92 Å². The molecule has 0 aromatic heterocycles. The number of hydrazine groups is 1. The van der Waals surface area contributed by atoms with Gasteiger partial charge in [0.2, 0.25) is 17.7 Å². The first-order valence-electron chi connectivity index (χ1n) is 10.4. The Morgan fingerprint density at radius 2 is 1.54 bits per heavy atom. The van der Waals surface area contributed by atoms with E-state index in [1.54, 1.807) is 0 Å². The van der Waals surface area contributed by atoms with Crippen molar-refractivity contribution in [3.63, 3.8) is 0 Å². The van der Waals surface area contributed by atoms with E-state index in [2.05, 4.69) is 24.7 Å². The number of nitrogens with zero attached hydrogens (tertiary/aromatic N) is 1. The molecular weight excluding hydrogens is 330 g/mol. The SMILES string of the molecule is C[C@@H]1[C@H](C)CCC[C@@H]1N1C[C@@H](C(=O)NNC(=O)C2CCCCC2)CC1=O. The van der Waals surface area contributed by atoms with Crippen LogP contribution in [0.1, 0.15) is 71.6 Å². The molecular formula is C20H33N3O3. The van der Waals surface area contributed by atoms with Crippen LogP contribution in [-0.2, 0) is 14.4 Å². The molecule has 3 rings (SSSR count). The lowest BCUT2D eigenvalue weighted by atomic mass is 9.77. The lowest BCUT2D eigenvalue weighted by molar-refractivity contribution is -0.133. The van der Waals surface area contributed by atoms with Crippen molar-refractivity contribution in [3.8, 4) is 0 Å². The van der Waals surface area contributed by atoms with E-state index in [0.717, 1.165) is 38.5 Å². The topological polar surface area (TPSA) is 78.5 Å². The molecule has 2 aliphatic carbocycles. The van der Waals surface area contributed by atoms with Crippen LogP contribution in [0.3, 0.4) is 0 Å². The molecule has 0 aromatic rings. The molecule has 6 heteroatoms. The minimum absolute atomic E-state index is 0.00957. The fourth-order valence-corrected chi connectivity index (χ4v) is 4.91. The smallest absolute Gasteiger partial charge is 0.243 e. The second kappa shape index (κ2) is 8.40. The van der Waals surface area contributed by atoms with Crippen molar-refractivity contribution in [2.24, 2.45) is 23.7 Å². The Labute approximate surface area is 156 Å². The zero-order valence-electron chi connectivity index (χ0n) is 16.1. The molecule has 1 heterocycles. The lowest BCUT2D eigenvalue weighted by Gasteiger charge is -2.40. The molecule has 2 saturated carbocycles. The number of rotatable bonds is 3. The summed E-state index contributed by atoms with van der Waals surface area (Å²) >= 11 is 0. The van der Waals surface area contributed by atoms with E-state index >= 15 is 0 Å². The summed E-state index contributed by atoms with van der Waals surface area (Å²) in [6, 6.07) is 0.251. The first-order chi connectivity index (χ1) is 12.5. The molecule has 4 atom stereocenters. The Bertz CT molecular complexity index is 544. The number of carbonyl (C=O) groups excluding carboxylic acids is 3. The highest BCUT2D eigenvalue weighted by Gasteiger charge is 2.41. The van der Waals surface area contributed by atoms with Gasteiger partial charge in [-0.25, -0.2) is 0 Å². The third-order valence-electron chi connectivity index (χ3n) is 6.88. The van der Waals surface area contributed by atoms with Crippen LogP contribution in [-0.4, -0.2) is 35.2 Å². The number of hydrogen-bond acceptors (Lipinski definition) is 3. The van der Waals surface area contributed by atoms with Gasteiger partial charge in [0.1, 0.15) is 0 Å². The van der Waals surface area contributed by atoms with Crippen LogP contribution < -0.4 is 10.9 Å². The molecule has 3 amide bonds. The summed E-state index contributed by atoms with van der Waals surface area (Å²) in [7, 11) is 0. The molecule has 1 saturated heterocycles. The maximum absolute atomic E-state index is 12.5. The van der Waals surface area contributed by atoms with Gasteiger partial charge in [0.25, 0.3) is 0 Å². The average Bonchev–Trinajstić information content (AvgIpc) is 3.04. The summed E-state index contributed by atoms with van der Waals surface area (Å²) in [4.78, 5) is 39.0. The average molecular weight is 364 g/mol. The molecule has 3 aliphatic rings. The summed E-state index contributed by atoms with van der Waals surface area (Å²) in [5.41, 5.74) is 5.15. The molecule has 0 bridgehead atoms. The van der Waals surface area contributed by atoms with Crippen LogP contribution in [0.5, 0.6) is 0 Å². The molecule has 1 aliphatic heterocycles. The van der Waals surface area contributed by atoms with Crippen LogP contribution in [0.4, 0.5) is 0 Å². The van der Waals surface area contributed by atoms with E-state index in [-0.39, 0.29) is 42.0 Å². The highest BCUT2D eigenvalue weighted by atomic mass is 16.2. The van der Waals surface area contributed by atoms with Crippen LogP contribution in [0.2, 0.25) is 0 Å². The van der Waals surface area contributed by atoms with Crippen molar-refractivity contribution in [2.45, 2.75) is 77.7 Å². The maximum atomic E-state index is 12.5. The third kappa shape index (κ3) is 4.21. The van der Waals surface area contributed by atoms with E-state index in [1.807, 2.05) is 4.90 Å². The molecule has 146 valence electrons. The van der Waals surface area contributed by atoms with Crippen molar-refractivity contribution >= 4 is 17.7 Å². The van der Waals surface area contributed by atoms with Crippen molar-refractivity contribution in [2.75, 3.05) is 6.54 Å². The van der Waals surface area contributed by atoms with Gasteiger partial charge in [-0.15, -0.1) is 0 Å². The maximum Gasteiger partial charge on any atom is 0.243 e. The van der Waals surface area contributed by atoms with Gasteiger partial charge >= 0.3 is 0 Å². The van der Waals surface area contributed by atoms with Gasteiger partial charge < -0.3 is 4.90 Å². The van der Waals surface area contributed by atoms with Gasteiger partial charge in [-0.3, -0.25) is 25.2 Å². The number of nitrogens with one attached hydrogen (secondary N) is 2. The number of likely N-dealkylation sites (tertiary alicyclic amines) is 1. The third-order valence-corrected chi connectivity index (χ3v) is 6.88. The zero-order chi connectivity index (χ0) is 18.7. The summed E-state index contributed by atoms with van der Waals surface area (Å²) in [5.74, 6) is 0.490. The molecule has 2 N–H and O–H groups in total. The highest BCUT2D eigenvalue weighted by molar-refractivity contribution is 5.90. The van der Waals surface area contributed by atoms with E-state index in [9.17, 15) is 14.4 Å². The summed E-state index contributed by atoms with van der Waals surface area (Å²) < 4.78 is 0. The van der Waals surface area contributed by atoms with Crippen LogP contribution >= 0.6 is 0 Å². The van der Waals surface area contributed by atoms with Crippen molar-refractivity contribution < 1.29 is 14.4 Å². The standard InChI is InChI=1S/C20H33N3O3/c1-13-7-6-10-17(14(13)2)23-12-16(11-18(23)24)20(26)22-21-19(25)15-8-4-3-5-9-15/h13-17H,3-12H2,1-2H3,(H,21,25)(H,22,26)/t13-,14-,16+,17+/m1/s1. The quantitative estimate of drug-likeness (QED) is 0.756. The molecule has 6 nitrogen and oxygen atoms in total. The summed E-state index contributed by atoms with van der Waals surface area (Å²) in [6.07, 6.45) is 8.79. The number of amides is 3. The second-order valence-corrected chi connectivity index (χ2v) is 8.60. The lowest BCUT2D eigenvalue weighted by Crippen LogP contribution is -2.48. The van der Waals surface area contributed by atoms with Gasteiger partial charge in [-0.2, -0.15) is 0 Å². The minimum Gasteiger partial charge on any atom is -0.339 e. The van der Waals surface area contributed by atoms with Crippen LogP contribution in [0, 0.1) is 23.7 Å². The molecule has 0 spiro atoms. The van der Waals surface area contributed by atoms with E-state index in [4.69, 9.17) is 0 Å². The second-order valence-electron chi connectivity index (χ2n) is 8.60. The van der Waals surface area contributed by atoms with Crippen LogP contribution in [0.25, 0.3) is 0 Å². The Balaban J connectivity index is 1.49. The van der Waals surface area contributed by atoms with Gasteiger partial charge in [-0.05, 0) is 31.1 Å². The Kier molecular flexibility index (Phi) is 6.20. The molecule has 0 unspecified atom stereocenters. The van der Waals surface area contributed by atoms with Crippen molar-refractivity contribution in [1.82, 2.24) is 15.8 Å². The molecule has 0 aromatic carbocycles. The highest BCUT2D eigenvalue weighted by Crippen LogP contribution is 2.35. The van der Waals surface area contributed by atoms with Crippen molar-refractivity contribution in [3.05, 3.63) is 0 Å². The molecule has 3 fully saturated rings. The van der Waals surface area contributed by atoms with E-state index in [1.165, 1.54) is 12.8 Å². The first kappa shape index (κ1) is 19.2. The molecule has 0 radical (unpaired) electrons. The van der Waals surface area contributed by atoms with E-state index in [0.29, 0.717) is 18.4 Å². The minimum atomic E-state index is -0.362. The molecule has 26 heavy (non-hydrogen) atoms. The zero-order valence-corrected chi connectivity index (χ0v) is 16.1. The Morgan fingerprint density at radius 3 is 2.23 bits per heavy atom. The first-order valence-corrected chi connectivity index (χ1v) is 10.4. The van der Waals surface area contributed by atoms with Gasteiger partial charge in [0, 0.05) is 24.9 Å². The van der Waals surface area contributed by atoms with Crippen molar-refractivity contribution in [1.29, 1.82) is 0 Å². The Morgan fingerprint density at radius 1 is 0.885 bits per heavy atom. The van der Waals surface area contributed by atoms with Crippen LogP contribution in [0.15, 0.2) is 0 Å². The summed E-state index contributed by atoms with van der Waals surface area (Å²) in [5, 5.41) is 0. The largest absolute Gasteiger partial charge is 0.339 e. The van der Waals surface area contributed by atoms with Gasteiger partial charge in [-0.1, -0.05) is 46.0 Å². The number of carbonyl (C=O) groups is 3. The van der Waals surface area contributed by atoms with E-state index < -0.39 is 0 Å². The van der Waals surface area contributed by atoms with Gasteiger partial charge in [0.15, 0.2) is 0 Å². The fourth-order valence-electron chi connectivity index (χ4n) is 4.91. The normalized spacial score (nSPS) is 33.2. The number of hydrogen-bond donors (Lipinski definition) is 2. The monoisotopic (exact) mass is 363 g/mol.